The first-order valence-electron chi connectivity index (χ1n) is 7.80. The number of amides is 2. The van der Waals surface area contributed by atoms with Crippen LogP contribution in [0.3, 0.4) is 0 Å². The SMILES string of the molecule is COc1cc(C)nc(NC(=O)NS(=O)(=O)c2cccc3c2OC(C)C3)n1. The molecule has 2 N–H and O–H groups in total. The number of carbonyl (C=O) groups is 1. The average Bonchev–Trinajstić information content (AvgIpc) is 2.93. The maximum atomic E-state index is 12.6. The van der Waals surface area contributed by atoms with Gasteiger partial charge in [-0.2, -0.15) is 4.98 Å². The predicted octanol–water partition coefficient (Wildman–Crippen LogP) is 1.63. The summed E-state index contributed by atoms with van der Waals surface area (Å²) in [6, 6.07) is 5.39. The molecule has 0 aliphatic carbocycles. The summed E-state index contributed by atoms with van der Waals surface area (Å²) in [6.45, 7) is 3.54. The third-order valence-corrected chi connectivity index (χ3v) is 5.02. The lowest BCUT2D eigenvalue weighted by atomic mass is 10.1. The summed E-state index contributed by atoms with van der Waals surface area (Å²) in [5, 5.41) is 2.29. The Bertz CT molecular complexity index is 961. The van der Waals surface area contributed by atoms with Crippen LogP contribution in [0.4, 0.5) is 10.7 Å². The van der Waals surface area contributed by atoms with Crippen molar-refractivity contribution in [2.75, 3.05) is 12.4 Å². The molecular weight excluding hydrogens is 360 g/mol. The average molecular weight is 378 g/mol. The number of fused-ring (bicyclic) bond motifs is 1. The van der Waals surface area contributed by atoms with Gasteiger partial charge >= 0.3 is 6.03 Å². The molecule has 0 spiro atoms. The van der Waals surface area contributed by atoms with Crippen LogP contribution in [0.5, 0.6) is 11.6 Å². The van der Waals surface area contributed by atoms with Crippen LogP contribution >= 0.6 is 0 Å². The van der Waals surface area contributed by atoms with Gasteiger partial charge in [-0.1, -0.05) is 12.1 Å². The van der Waals surface area contributed by atoms with Crippen LogP contribution in [0.25, 0.3) is 0 Å². The van der Waals surface area contributed by atoms with E-state index in [9.17, 15) is 13.2 Å². The predicted molar refractivity (Wildman–Crippen MR) is 92.9 cm³/mol. The van der Waals surface area contributed by atoms with Gasteiger partial charge in [-0.05, 0) is 25.5 Å². The van der Waals surface area contributed by atoms with Gasteiger partial charge in [0.1, 0.15) is 16.7 Å². The van der Waals surface area contributed by atoms with Crippen molar-refractivity contribution in [3.63, 3.8) is 0 Å². The van der Waals surface area contributed by atoms with Gasteiger partial charge in [-0.15, -0.1) is 0 Å². The van der Waals surface area contributed by atoms with Gasteiger partial charge in [-0.3, -0.25) is 5.32 Å². The third kappa shape index (κ3) is 3.69. The summed E-state index contributed by atoms with van der Waals surface area (Å²) in [5.41, 5.74) is 1.34. The highest BCUT2D eigenvalue weighted by molar-refractivity contribution is 7.90. The summed E-state index contributed by atoms with van der Waals surface area (Å²) in [5.74, 6) is 0.449. The number of rotatable bonds is 4. The topological polar surface area (TPSA) is 120 Å². The van der Waals surface area contributed by atoms with E-state index in [1.807, 2.05) is 11.6 Å². The molecular formula is C16H18N4O5S. The Morgan fingerprint density at radius 3 is 2.85 bits per heavy atom. The third-order valence-electron chi connectivity index (χ3n) is 3.67. The lowest BCUT2D eigenvalue weighted by Gasteiger charge is -2.12. The van der Waals surface area contributed by atoms with Crippen molar-refractivity contribution in [1.82, 2.24) is 14.7 Å². The fraction of sp³-hybridized carbons (Fsp3) is 0.312. The zero-order valence-electron chi connectivity index (χ0n) is 14.4. The standard InChI is InChI=1S/C16H18N4O5S/c1-9-7-13(24-3)18-15(17-9)19-16(21)20-26(22,23)12-6-4-5-11-8-10(2)25-14(11)12/h4-7,10H,8H2,1-3H3,(H2,17,18,19,20,21). The minimum absolute atomic E-state index is 0.0716. The lowest BCUT2D eigenvalue weighted by molar-refractivity contribution is 0.249. The molecule has 0 fully saturated rings. The van der Waals surface area contributed by atoms with E-state index in [0.29, 0.717) is 12.1 Å². The van der Waals surface area contributed by atoms with E-state index in [4.69, 9.17) is 9.47 Å². The molecule has 0 saturated heterocycles. The Balaban J connectivity index is 1.80. The van der Waals surface area contributed by atoms with Gasteiger partial charge in [0.15, 0.2) is 0 Å². The summed E-state index contributed by atoms with van der Waals surface area (Å²) in [6.07, 6.45) is 0.491. The highest BCUT2D eigenvalue weighted by Crippen LogP contribution is 2.35. The zero-order chi connectivity index (χ0) is 18.9. The van der Waals surface area contributed by atoms with E-state index < -0.39 is 16.1 Å². The minimum atomic E-state index is -4.13. The molecule has 1 aromatic heterocycles. The number of ether oxygens (including phenoxy) is 2. The number of hydrogen-bond acceptors (Lipinski definition) is 7. The van der Waals surface area contributed by atoms with E-state index in [2.05, 4.69) is 15.3 Å². The van der Waals surface area contributed by atoms with Crippen LogP contribution in [-0.4, -0.2) is 37.6 Å². The number of nitrogens with one attached hydrogen (secondary N) is 2. The van der Waals surface area contributed by atoms with E-state index >= 15 is 0 Å². The monoisotopic (exact) mass is 378 g/mol. The molecule has 2 amide bonds. The summed E-state index contributed by atoms with van der Waals surface area (Å²) < 4.78 is 37.7. The van der Waals surface area contributed by atoms with Gasteiger partial charge in [0.2, 0.25) is 11.8 Å². The van der Waals surface area contributed by atoms with Crippen molar-refractivity contribution in [2.24, 2.45) is 0 Å². The van der Waals surface area contributed by atoms with E-state index in [1.165, 1.54) is 13.2 Å². The van der Waals surface area contributed by atoms with E-state index in [1.54, 1.807) is 25.1 Å². The highest BCUT2D eigenvalue weighted by atomic mass is 32.2. The number of aryl methyl sites for hydroxylation is 1. The van der Waals surface area contributed by atoms with Crippen LogP contribution in [0.2, 0.25) is 0 Å². The molecule has 138 valence electrons. The summed E-state index contributed by atoms with van der Waals surface area (Å²) in [7, 11) is -2.70. The number of para-hydroxylation sites is 1. The van der Waals surface area contributed by atoms with Crippen LogP contribution < -0.4 is 19.5 Å². The molecule has 0 bridgehead atoms. The molecule has 1 unspecified atom stereocenters. The summed E-state index contributed by atoms with van der Waals surface area (Å²) >= 11 is 0. The lowest BCUT2D eigenvalue weighted by Crippen LogP contribution is -2.35. The maximum Gasteiger partial charge on any atom is 0.335 e. The van der Waals surface area contributed by atoms with E-state index in [-0.39, 0.29) is 28.6 Å². The number of carbonyl (C=O) groups excluding carboxylic acids is 1. The second kappa shape index (κ2) is 6.79. The number of benzene rings is 1. The smallest absolute Gasteiger partial charge is 0.335 e. The molecule has 10 heteroatoms. The van der Waals surface area contributed by atoms with Crippen LogP contribution in [0, 0.1) is 6.92 Å². The molecule has 0 saturated carbocycles. The Morgan fingerprint density at radius 1 is 1.35 bits per heavy atom. The largest absolute Gasteiger partial charge is 0.489 e. The first-order valence-corrected chi connectivity index (χ1v) is 9.29. The van der Waals surface area contributed by atoms with Crippen LogP contribution in [0.15, 0.2) is 29.2 Å². The Hall–Kier alpha value is -2.88. The van der Waals surface area contributed by atoms with E-state index in [0.717, 1.165) is 5.56 Å². The highest BCUT2D eigenvalue weighted by Gasteiger charge is 2.29. The molecule has 2 aromatic rings. The summed E-state index contributed by atoms with van der Waals surface area (Å²) in [4.78, 5) is 20.0. The van der Waals surface area contributed by atoms with Crippen molar-refractivity contribution >= 4 is 22.0 Å². The number of hydrogen-bond donors (Lipinski definition) is 2. The Labute approximate surface area is 150 Å². The molecule has 26 heavy (non-hydrogen) atoms. The number of sulfonamides is 1. The number of urea groups is 1. The van der Waals surface area contributed by atoms with Gasteiger partial charge in [0, 0.05) is 18.2 Å². The van der Waals surface area contributed by atoms with Crippen molar-refractivity contribution in [1.29, 1.82) is 0 Å². The molecule has 1 atom stereocenters. The number of aromatic nitrogens is 2. The van der Waals surface area contributed by atoms with Crippen molar-refractivity contribution in [2.45, 2.75) is 31.3 Å². The Morgan fingerprint density at radius 2 is 2.12 bits per heavy atom. The minimum Gasteiger partial charge on any atom is -0.489 e. The number of methoxy groups -OCH3 is 1. The van der Waals surface area contributed by atoms with Crippen LogP contribution in [-0.2, 0) is 16.4 Å². The first-order chi connectivity index (χ1) is 12.3. The second-order valence-electron chi connectivity index (χ2n) is 5.81. The van der Waals surface area contributed by atoms with Crippen molar-refractivity contribution in [3.05, 3.63) is 35.5 Å². The second-order valence-corrected chi connectivity index (χ2v) is 7.46. The fourth-order valence-electron chi connectivity index (χ4n) is 2.62. The molecule has 1 aliphatic rings. The quantitative estimate of drug-likeness (QED) is 0.830. The van der Waals surface area contributed by atoms with Gasteiger partial charge in [-0.25, -0.2) is 22.9 Å². The van der Waals surface area contributed by atoms with Crippen molar-refractivity contribution < 1.29 is 22.7 Å². The molecule has 9 nitrogen and oxygen atoms in total. The normalized spacial score (nSPS) is 15.7. The maximum absolute atomic E-state index is 12.6. The molecule has 1 aliphatic heterocycles. The number of nitrogens with zero attached hydrogens (tertiary/aromatic N) is 2. The molecule has 0 radical (unpaired) electrons. The van der Waals surface area contributed by atoms with Gasteiger partial charge in [0.25, 0.3) is 10.0 Å². The number of anilines is 1. The molecule has 1 aromatic carbocycles. The first kappa shape index (κ1) is 17.9. The molecule has 3 rings (SSSR count). The van der Waals surface area contributed by atoms with Gasteiger partial charge in [0.05, 0.1) is 7.11 Å². The Kier molecular flexibility index (Phi) is 4.68. The van der Waals surface area contributed by atoms with Gasteiger partial charge < -0.3 is 9.47 Å². The van der Waals surface area contributed by atoms with Crippen LogP contribution in [0.1, 0.15) is 18.2 Å². The fourth-order valence-corrected chi connectivity index (χ4v) is 3.71. The van der Waals surface area contributed by atoms with Crippen molar-refractivity contribution in [3.8, 4) is 11.6 Å². The zero-order valence-corrected chi connectivity index (χ0v) is 15.3. The molecule has 2 heterocycles.